The second-order valence-electron chi connectivity index (χ2n) is 6.20. The van der Waals surface area contributed by atoms with Gasteiger partial charge in [-0.2, -0.15) is 0 Å². The first-order chi connectivity index (χ1) is 12.8. The van der Waals surface area contributed by atoms with E-state index in [4.69, 9.17) is 0 Å². The molecule has 0 bridgehead atoms. The normalized spacial score (nSPS) is 13.0. The first kappa shape index (κ1) is 18.9. The predicted molar refractivity (Wildman–Crippen MR) is 103 cm³/mol. The van der Waals surface area contributed by atoms with Crippen LogP contribution in [0.25, 0.3) is 0 Å². The summed E-state index contributed by atoms with van der Waals surface area (Å²) in [5.74, 6) is -0.244. The fourth-order valence-corrected chi connectivity index (χ4v) is 4.07. The van der Waals surface area contributed by atoms with Gasteiger partial charge < -0.3 is 10.2 Å². The largest absolute Gasteiger partial charge is 0.339 e. The van der Waals surface area contributed by atoms with Crippen molar-refractivity contribution in [3.8, 4) is 0 Å². The molecule has 0 atom stereocenters. The number of amides is 2. The van der Waals surface area contributed by atoms with E-state index >= 15 is 0 Å². The van der Waals surface area contributed by atoms with Crippen LogP contribution in [0, 0.1) is 0 Å². The zero-order valence-corrected chi connectivity index (χ0v) is 16.0. The van der Waals surface area contributed by atoms with Crippen molar-refractivity contribution in [3.63, 3.8) is 0 Å². The molecule has 2 amide bonds. The number of nitrogens with one attached hydrogen (secondary N) is 2. The zero-order chi connectivity index (χ0) is 19.6. The predicted octanol–water partition coefficient (Wildman–Crippen LogP) is 2.46. The van der Waals surface area contributed by atoms with E-state index in [1.807, 2.05) is 13.8 Å². The van der Waals surface area contributed by atoms with Crippen molar-refractivity contribution in [2.75, 3.05) is 23.1 Å². The SMILES string of the molecule is CCN(CC)C(=O)c1ccc(NS(=O)(=O)c2ccc3c(c2)CC(=O)N3)cc1. The van der Waals surface area contributed by atoms with E-state index in [1.54, 1.807) is 35.2 Å². The molecule has 7 nitrogen and oxygen atoms in total. The second kappa shape index (κ2) is 7.40. The highest BCUT2D eigenvalue weighted by atomic mass is 32.2. The highest BCUT2D eigenvalue weighted by Gasteiger charge is 2.22. The Morgan fingerprint density at radius 1 is 1.11 bits per heavy atom. The monoisotopic (exact) mass is 387 g/mol. The maximum absolute atomic E-state index is 12.6. The molecule has 1 aliphatic heterocycles. The molecule has 2 aromatic carbocycles. The first-order valence-electron chi connectivity index (χ1n) is 8.69. The third-order valence-electron chi connectivity index (χ3n) is 4.45. The van der Waals surface area contributed by atoms with Crippen LogP contribution in [0.3, 0.4) is 0 Å². The van der Waals surface area contributed by atoms with E-state index in [0.717, 1.165) is 0 Å². The first-order valence-corrected chi connectivity index (χ1v) is 10.2. The van der Waals surface area contributed by atoms with Gasteiger partial charge in [0.05, 0.1) is 11.3 Å². The Kier molecular flexibility index (Phi) is 5.18. The summed E-state index contributed by atoms with van der Waals surface area (Å²) < 4.78 is 27.7. The van der Waals surface area contributed by atoms with Gasteiger partial charge in [-0.3, -0.25) is 14.3 Å². The molecule has 142 valence electrons. The van der Waals surface area contributed by atoms with E-state index in [2.05, 4.69) is 10.0 Å². The van der Waals surface area contributed by atoms with Crippen LogP contribution in [0.15, 0.2) is 47.4 Å². The number of benzene rings is 2. The highest BCUT2D eigenvalue weighted by Crippen LogP contribution is 2.27. The molecule has 2 N–H and O–H groups in total. The summed E-state index contributed by atoms with van der Waals surface area (Å²) in [5, 5.41) is 2.67. The summed E-state index contributed by atoms with van der Waals surface area (Å²) in [6.07, 6.45) is 0.168. The van der Waals surface area contributed by atoms with Gasteiger partial charge in [0.25, 0.3) is 15.9 Å². The van der Waals surface area contributed by atoms with Crippen LogP contribution in [-0.4, -0.2) is 38.2 Å². The van der Waals surface area contributed by atoms with E-state index in [1.165, 1.54) is 12.1 Å². The third-order valence-corrected chi connectivity index (χ3v) is 5.83. The van der Waals surface area contributed by atoms with Crippen molar-refractivity contribution in [1.82, 2.24) is 4.90 Å². The van der Waals surface area contributed by atoms with Crippen molar-refractivity contribution >= 4 is 33.2 Å². The number of sulfonamides is 1. The number of fused-ring (bicyclic) bond motifs is 1. The average Bonchev–Trinajstić information content (AvgIpc) is 3.02. The molecule has 0 radical (unpaired) electrons. The molecule has 8 heteroatoms. The number of anilines is 2. The van der Waals surface area contributed by atoms with E-state index in [9.17, 15) is 18.0 Å². The molecule has 0 aliphatic carbocycles. The van der Waals surface area contributed by atoms with E-state index in [0.29, 0.717) is 35.6 Å². The van der Waals surface area contributed by atoms with Gasteiger partial charge in [-0.15, -0.1) is 0 Å². The van der Waals surface area contributed by atoms with Crippen molar-refractivity contribution in [2.45, 2.75) is 25.2 Å². The van der Waals surface area contributed by atoms with Gasteiger partial charge >= 0.3 is 0 Å². The number of hydrogen-bond donors (Lipinski definition) is 2. The van der Waals surface area contributed by atoms with Gasteiger partial charge in [-0.25, -0.2) is 8.42 Å². The molecule has 27 heavy (non-hydrogen) atoms. The van der Waals surface area contributed by atoms with Gasteiger partial charge in [0.2, 0.25) is 5.91 Å². The molecule has 1 heterocycles. The Morgan fingerprint density at radius 3 is 2.41 bits per heavy atom. The lowest BCUT2D eigenvalue weighted by atomic mass is 10.2. The Labute approximate surface area is 158 Å². The number of nitrogens with zero attached hydrogens (tertiary/aromatic N) is 1. The Balaban J connectivity index is 1.78. The van der Waals surface area contributed by atoms with Gasteiger partial charge in [0.15, 0.2) is 0 Å². The molecule has 0 aromatic heterocycles. The molecule has 3 rings (SSSR count). The Morgan fingerprint density at radius 2 is 1.78 bits per heavy atom. The molecule has 0 spiro atoms. The molecule has 0 saturated carbocycles. The summed E-state index contributed by atoms with van der Waals surface area (Å²) in [6.45, 7) is 5.03. The van der Waals surface area contributed by atoms with Gasteiger partial charge in [-0.1, -0.05) is 0 Å². The van der Waals surface area contributed by atoms with Crippen molar-refractivity contribution in [3.05, 3.63) is 53.6 Å². The fourth-order valence-electron chi connectivity index (χ4n) is 2.96. The maximum atomic E-state index is 12.6. The van der Waals surface area contributed by atoms with Crippen LogP contribution in [-0.2, 0) is 21.2 Å². The van der Waals surface area contributed by atoms with Crippen LogP contribution in [0.4, 0.5) is 11.4 Å². The molecular weight excluding hydrogens is 366 g/mol. The smallest absolute Gasteiger partial charge is 0.261 e. The Bertz CT molecular complexity index is 981. The second-order valence-corrected chi connectivity index (χ2v) is 7.89. The third kappa shape index (κ3) is 3.95. The molecule has 1 aliphatic rings. The number of rotatable bonds is 6. The average molecular weight is 387 g/mol. The summed E-state index contributed by atoms with van der Waals surface area (Å²) in [6, 6.07) is 10.9. The maximum Gasteiger partial charge on any atom is 0.261 e. The minimum absolute atomic E-state index is 0.0843. The van der Waals surface area contributed by atoms with Crippen LogP contribution in [0.1, 0.15) is 29.8 Å². The quantitative estimate of drug-likeness (QED) is 0.796. The van der Waals surface area contributed by atoms with Crippen LogP contribution < -0.4 is 10.0 Å². The minimum atomic E-state index is -3.80. The summed E-state index contributed by atoms with van der Waals surface area (Å²) in [7, 11) is -3.80. The summed E-state index contributed by atoms with van der Waals surface area (Å²) in [4.78, 5) is 25.5. The van der Waals surface area contributed by atoms with Gasteiger partial charge in [-0.05, 0) is 61.9 Å². The van der Waals surface area contributed by atoms with E-state index < -0.39 is 10.0 Å². The van der Waals surface area contributed by atoms with Crippen LogP contribution in [0.2, 0.25) is 0 Å². The standard InChI is InChI=1S/C19H21N3O4S/c1-3-22(4-2)19(24)13-5-7-15(8-6-13)21-27(25,26)16-9-10-17-14(11-16)12-18(23)20-17/h5-11,21H,3-4,12H2,1-2H3,(H,20,23). The number of carbonyl (C=O) groups excluding carboxylic acids is 2. The zero-order valence-electron chi connectivity index (χ0n) is 15.2. The number of carbonyl (C=O) groups is 2. The topological polar surface area (TPSA) is 95.6 Å². The molecular formula is C19H21N3O4S. The molecule has 0 unspecified atom stereocenters. The molecule has 0 saturated heterocycles. The van der Waals surface area contributed by atoms with Crippen molar-refractivity contribution in [1.29, 1.82) is 0 Å². The van der Waals surface area contributed by atoms with Crippen molar-refractivity contribution in [2.24, 2.45) is 0 Å². The lowest BCUT2D eigenvalue weighted by Gasteiger charge is -2.18. The van der Waals surface area contributed by atoms with E-state index in [-0.39, 0.29) is 23.1 Å². The van der Waals surface area contributed by atoms with Crippen LogP contribution >= 0.6 is 0 Å². The summed E-state index contributed by atoms with van der Waals surface area (Å²) in [5.41, 5.74) is 2.16. The molecule has 2 aromatic rings. The Hall–Kier alpha value is -2.87. The fraction of sp³-hybridized carbons (Fsp3) is 0.263. The lowest BCUT2D eigenvalue weighted by molar-refractivity contribution is -0.115. The minimum Gasteiger partial charge on any atom is -0.339 e. The van der Waals surface area contributed by atoms with Crippen LogP contribution in [0.5, 0.6) is 0 Å². The highest BCUT2D eigenvalue weighted by molar-refractivity contribution is 7.92. The summed E-state index contributed by atoms with van der Waals surface area (Å²) >= 11 is 0. The van der Waals surface area contributed by atoms with Gasteiger partial charge in [0, 0.05) is 30.0 Å². The number of hydrogen-bond acceptors (Lipinski definition) is 4. The molecule has 0 fully saturated rings. The van der Waals surface area contributed by atoms with Gasteiger partial charge in [0.1, 0.15) is 0 Å². The lowest BCUT2D eigenvalue weighted by Crippen LogP contribution is -2.30. The van der Waals surface area contributed by atoms with Crippen molar-refractivity contribution < 1.29 is 18.0 Å².